The van der Waals surface area contributed by atoms with E-state index in [9.17, 15) is 9.90 Å². The standard InChI is InChI=1S/C20H24N2O3/c1-3-12-11-22-7-6-13(12)8-18(22)20(24)16-10-19(23)21-17-5-4-14(25-2)9-15(16)17/h3-5,9-10,12-13,18,20,24H,1,6-8,11H2,2H3,(H,21,23)/t12-,13-,18+,20-/m0/s1. The van der Waals surface area contributed by atoms with Crippen molar-refractivity contribution in [1.29, 1.82) is 0 Å². The van der Waals surface area contributed by atoms with Gasteiger partial charge in [0.1, 0.15) is 5.75 Å². The number of nitrogens with one attached hydrogen (secondary N) is 1. The molecule has 5 nitrogen and oxygen atoms in total. The summed E-state index contributed by atoms with van der Waals surface area (Å²) < 4.78 is 5.32. The Kier molecular flexibility index (Phi) is 4.13. The molecule has 1 aromatic heterocycles. The van der Waals surface area contributed by atoms with E-state index in [-0.39, 0.29) is 11.6 Å². The summed E-state index contributed by atoms with van der Waals surface area (Å²) in [5, 5.41) is 12.0. The number of nitrogens with zero attached hydrogens (tertiary/aromatic N) is 1. The van der Waals surface area contributed by atoms with Gasteiger partial charge in [0.05, 0.1) is 13.2 Å². The van der Waals surface area contributed by atoms with E-state index in [2.05, 4.69) is 16.5 Å². The molecule has 0 radical (unpaired) electrons. The maximum Gasteiger partial charge on any atom is 0.248 e. The van der Waals surface area contributed by atoms with E-state index in [1.807, 2.05) is 24.3 Å². The fraction of sp³-hybridized carbons (Fsp3) is 0.450. The first-order valence-corrected chi connectivity index (χ1v) is 8.86. The van der Waals surface area contributed by atoms with E-state index in [4.69, 9.17) is 4.74 Å². The van der Waals surface area contributed by atoms with Crippen molar-refractivity contribution in [2.75, 3.05) is 20.2 Å². The van der Waals surface area contributed by atoms with Crippen molar-refractivity contribution in [2.45, 2.75) is 25.0 Å². The minimum Gasteiger partial charge on any atom is -0.497 e. The lowest BCUT2D eigenvalue weighted by Gasteiger charge is -2.50. The van der Waals surface area contributed by atoms with Crippen LogP contribution in [0.1, 0.15) is 24.5 Å². The van der Waals surface area contributed by atoms with Crippen molar-refractivity contribution in [2.24, 2.45) is 11.8 Å². The van der Waals surface area contributed by atoms with Crippen LogP contribution in [-0.4, -0.2) is 41.2 Å². The highest BCUT2D eigenvalue weighted by atomic mass is 16.5. The van der Waals surface area contributed by atoms with Crippen LogP contribution < -0.4 is 10.3 Å². The largest absolute Gasteiger partial charge is 0.497 e. The number of piperidine rings is 3. The van der Waals surface area contributed by atoms with Gasteiger partial charge in [0.15, 0.2) is 0 Å². The molecule has 3 fully saturated rings. The Balaban J connectivity index is 1.74. The third-order valence-electron chi connectivity index (χ3n) is 5.92. The molecule has 1 unspecified atom stereocenters. The number of aromatic amines is 1. The molecule has 2 bridgehead atoms. The van der Waals surface area contributed by atoms with Crippen molar-refractivity contribution in [3.8, 4) is 5.75 Å². The summed E-state index contributed by atoms with van der Waals surface area (Å²) >= 11 is 0. The number of hydrogen-bond acceptors (Lipinski definition) is 4. The Morgan fingerprint density at radius 1 is 1.44 bits per heavy atom. The second kappa shape index (κ2) is 6.32. The second-order valence-electron chi connectivity index (χ2n) is 7.19. The predicted molar refractivity (Wildman–Crippen MR) is 97.9 cm³/mol. The molecule has 25 heavy (non-hydrogen) atoms. The molecular weight excluding hydrogens is 316 g/mol. The fourth-order valence-electron chi connectivity index (χ4n) is 4.54. The highest BCUT2D eigenvalue weighted by Gasteiger charge is 2.42. The van der Waals surface area contributed by atoms with Crippen molar-refractivity contribution in [3.63, 3.8) is 0 Å². The second-order valence-corrected chi connectivity index (χ2v) is 7.19. The molecule has 132 valence electrons. The highest BCUT2D eigenvalue weighted by molar-refractivity contribution is 5.83. The van der Waals surface area contributed by atoms with E-state index in [1.165, 1.54) is 6.07 Å². The first-order valence-electron chi connectivity index (χ1n) is 8.86. The van der Waals surface area contributed by atoms with Crippen LogP contribution in [0.3, 0.4) is 0 Å². The number of aromatic nitrogens is 1. The first kappa shape index (κ1) is 16.4. The van der Waals surface area contributed by atoms with Gasteiger partial charge in [-0.1, -0.05) is 6.08 Å². The minimum atomic E-state index is -0.689. The summed E-state index contributed by atoms with van der Waals surface area (Å²) in [7, 11) is 1.62. The topological polar surface area (TPSA) is 65.6 Å². The zero-order chi connectivity index (χ0) is 17.6. The van der Waals surface area contributed by atoms with Gasteiger partial charge in [-0.15, -0.1) is 6.58 Å². The van der Waals surface area contributed by atoms with E-state index in [0.29, 0.717) is 23.1 Å². The van der Waals surface area contributed by atoms with Gasteiger partial charge >= 0.3 is 0 Å². The van der Waals surface area contributed by atoms with E-state index in [0.717, 1.165) is 36.8 Å². The van der Waals surface area contributed by atoms with Crippen molar-refractivity contribution >= 4 is 10.9 Å². The molecule has 1 aromatic carbocycles. The van der Waals surface area contributed by atoms with E-state index < -0.39 is 6.10 Å². The summed E-state index contributed by atoms with van der Waals surface area (Å²) in [5.74, 6) is 1.79. The number of fused-ring (bicyclic) bond motifs is 4. The predicted octanol–water partition coefficient (Wildman–Crippen LogP) is 2.47. The third-order valence-corrected chi connectivity index (χ3v) is 5.92. The summed E-state index contributed by atoms with van der Waals surface area (Å²) in [6.07, 6.45) is 3.46. The Bertz CT molecular complexity index is 860. The minimum absolute atomic E-state index is 0.0474. The van der Waals surface area contributed by atoms with Crippen LogP contribution in [0, 0.1) is 11.8 Å². The number of H-pyrrole nitrogens is 1. The average Bonchev–Trinajstić information content (AvgIpc) is 2.66. The molecule has 5 heteroatoms. The Labute approximate surface area is 146 Å². The number of benzene rings is 1. The molecule has 3 saturated heterocycles. The normalized spacial score (nSPS) is 29.5. The van der Waals surface area contributed by atoms with Crippen LogP contribution in [0.5, 0.6) is 5.75 Å². The van der Waals surface area contributed by atoms with Crippen LogP contribution in [0.25, 0.3) is 10.9 Å². The lowest BCUT2D eigenvalue weighted by molar-refractivity contribution is -0.0445. The van der Waals surface area contributed by atoms with Crippen LogP contribution in [0.2, 0.25) is 0 Å². The van der Waals surface area contributed by atoms with Crippen LogP contribution in [0.15, 0.2) is 41.7 Å². The molecule has 2 aromatic rings. The maximum absolute atomic E-state index is 12.1. The van der Waals surface area contributed by atoms with Gasteiger partial charge in [0, 0.05) is 29.6 Å². The lowest BCUT2D eigenvalue weighted by atomic mass is 9.73. The molecule has 0 spiro atoms. The molecule has 3 aliphatic heterocycles. The molecular formula is C20H24N2O3. The number of aliphatic hydroxyl groups is 1. The van der Waals surface area contributed by atoms with Gasteiger partial charge in [-0.2, -0.15) is 0 Å². The molecule has 4 heterocycles. The smallest absolute Gasteiger partial charge is 0.248 e. The SMILES string of the molecule is C=C[C@H]1CN2CC[C@H]1C[C@@H]2[C@@H](O)c1cc(=O)[nH]c2ccc(OC)cc12. The quantitative estimate of drug-likeness (QED) is 0.839. The van der Waals surface area contributed by atoms with Gasteiger partial charge < -0.3 is 14.8 Å². The number of ether oxygens (including phenoxy) is 1. The number of rotatable bonds is 4. The Morgan fingerprint density at radius 3 is 2.96 bits per heavy atom. The van der Waals surface area contributed by atoms with Gasteiger partial charge in [0.2, 0.25) is 5.56 Å². The molecule has 3 aliphatic rings. The molecule has 5 rings (SSSR count). The zero-order valence-electron chi connectivity index (χ0n) is 14.4. The molecule has 2 N–H and O–H groups in total. The van der Waals surface area contributed by atoms with Gasteiger partial charge in [-0.3, -0.25) is 9.69 Å². The zero-order valence-corrected chi connectivity index (χ0v) is 14.4. The fourth-order valence-corrected chi connectivity index (χ4v) is 4.54. The number of hydrogen-bond donors (Lipinski definition) is 2. The monoisotopic (exact) mass is 340 g/mol. The van der Waals surface area contributed by atoms with E-state index >= 15 is 0 Å². The number of methoxy groups -OCH3 is 1. The van der Waals surface area contributed by atoms with Crippen LogP contribution in [-0.2, 0) is 0 Å². The summed E-state index contributed by atoms with van der Waals surface area (Å²) in [4.78, 5) is 17.3. The van der Waals surface area contributed by atoms with Crippen molar-refractivity contribution in [1.82, 2.24) is 9.88 Å². The Morgan fingerprint density at radius 2 is 2.28 bits per heavy atom. The number of pyridine rings is 1. The Hall–Kier alpha value is -2.11. The van der Waals surface area contributed by atoms with E-state index in [1.54, 1.807) is 7.11 Å². The highest BCUT2D eigenvalue weighted by Crippen LogP contribution is 2.42. The average molecular weight is 340 g/mol. The van der Waals surface area contributed by atoms with Gasteiger partial charge in [-0.05, 0) is 55.0 Å². The van der Waals surface area contributed by atoms with Gasteiger partial charge in [0.25, 0.3) is 0 Å². The molecule has 0 saturated carbocycles. The summed E-state index contributed by atoms with van der Waals surface area (Å²) in [6.45, 7) is 5.90. The van der Waals surface area contributed by atoms with Crippen LogP contribution >= 0.6 is 0 Å². The first-order chi connectivity index (χ1) is 12.1. The van der Waals surface area contributed by atoms with Gasteiger partial charge in [-0.25, -0.2) is 0 Å². The molecule has 0 amide bonds. The summed E-state index contributed by atoms with van der Waals surface area (Å²) in [6, 6.07) is 7.10. The molecule has 0 aliphatic carbocycles. The van der Waals surface area contributed by atoms with Crippen LogP contribution in [0.4, 0.5) is 0 Å². The molecule has 5 atom stereocenters. The summed E-state index contributed by atoms with van der Waals surface area (Å²) in [5.41, 5.74) is 1.22. The lowest BCUT2D eigenvalue weighted by Crippen LogP contribution is -2.54. The van der Waals surface area contributed by atoms with Crippen molar-refractivity contribution in [3.05, 3.63) is 52.8 Å². The van der Waals surface area contributed by atoms with Crippen molar-refractivity contribution < 1.29 is 9.84 Å². The number of aliphatic hydroxyl groups excluding tert-OH is 1. The maximum atomic E-state index is 12.1. The third kappa shape index (κ3) is 2.77.